The number of esters is 1. The van der Waals surface area contributed by atoms with Crippen molar-refractivity contribution in [3.63, 3.8) is 0 Å². The molecule has 0 radical (unpaired) electrons. The molecule has 1 aliphatic heterocycles. The van der Waals surface area contributed by atoms with Crippen LogP contribution in [0.4, 0.5) is 5.69 Å². The van der Waals surface area contributed by atoms with Gasteiger partial charge in [0.25, 0.3) is 5.56 Å². The number of para-hydroxylation sites is 2. The zero-order chi connectivity index (χ0) is 24.2. The highest BCUT2D eigenvalue weighted by Gasteiger charge is 2.33. The number of carbonyl (C=O) groups is 1. The van der Waals surface area contributed by atoms with Gasteiger partial charge >= 0.3 is 5.97 Å². The van der Waals surface area contributed by atoms with Crippen LogP contribution < -0.4 is 29.7 Å². The van der Waals surface area contributed by atoms with E-state index < -0.39 is 12.0 Å². The lowest BCUT2D eigenvalue weighted by molar-refractivity contribution is -0.139. The number of aromatic nitrogens is 1. The van der Waals surface area contributed by atoms with Gasteiger partial charge < -0.3 is 19.5 Å². The number of nitrogens with zero attached hydrogens (tertiary/aromatic N) is 2. The van der Waals surface area contributed by atoms with Crippen LogP contribution in [0.5, 0.6) is 11.5 Å². The molecule has 8 nitrogen and oxygen atoms in total. The molecule has 0 amide bonds. The van der Waals surface area contributed by atoms with Crippen LogP contribution in [-0.4, -0.2) is 31.4 Å². The number of carbonyl (C=O) groups excluding carboxylic acids is 1. The molecule has 1 aliphatic rings. The molecule has 1 N–H and O–H groups in total. The van der Waals surface area contributed by atoms with Crippen LogP contribution in [0.15, 0.2) is 69.6 Å². The summed E-state index contributed by atoms with van der Waals surface area (Å²) in [6, 6.07) is 14.0. The summed E-state index contributed by atoms with van der Waals surface area (Å²) in [5.41, 5.74) is 2.02. The van der Waals surface area contributed by atoms with Crippen molar-refractivity contribution in [2.24, 2.45) is 4.99 Å². The third-order valence-corrected chi connectivity index (χ3v) is 6.38. The van der Waals surface area contributed by atoms with Crippen LogP contribution in [0.3, 0.4) is 0 Å². The van der Waals surface area contributed by atoms with E-state index in [2.05, 4.69) is 10.3 Å². The van der Waals surface area contributed by atoms with E-state index in [0.717, 1.165) is 11.3 Å². The predicted molar refractivity (Wildman–Crippen MR) is 131 cm³/mol. The first-order valence-electron chi connectivity index (χ1n) is 10.7. The van der Waals surface area contributed by atoms with Crippen LogP contribution in [0.1, 0.15) is 25.5 Å². The van der Waals surface area contributed by atoms with Gasteiger partial charge in [0.2, 0.25) is 0 Å². The molecule has 0 spiro atoms. The molecular weight excluding hydrogens is 454 g/mol. The van der Waals surface area contributed by atoms with Crippen molar-refractivity contribution >= 4 is 29.2 Å². The van der Waals surface area contributed by atoms with Gasteiger partial charge in [-0.1, -0.05) is 35.6 Å². The molecule has 34 heavy (non-hydrogen) atoms. The Morgan fingerprint density at radius 1 is 1.18 bits per heavy atom. The predicted octanol–water partition coefficient (Wildman–Crippen LogP) is 2.84. The van der Waals surface area contributed by atoms with Gasteiger partial charge in [0.1, 0.15) is 16.0 Å². The number of allylic oxidation sites excluding steroid dienone is 1. The Bertz CT molecular complexity index is 1440. The number of fused-ring (bicyclic) bond motifs is 1. The van der Waals surface area contributed by atoms with Crippen LogP contribution >= 0.6 is 11.3 Å². The first-order chi connectivity index (χ1) is 16.5. The third-order valence-electron chi connectivity index (χ3n) is 5.39. The standard InChI is InChI=1S/C25H25N3O5S/c1-5-33-24(30)21-15(2)27-25-28(22(21)16-9-8-10-17(13-16)31-3)23(29)20(34-25)14-26-18-11-6-7-12-19(18)32-4/h6-14,22,26H,5H2,1-4H3/b20-14-/t22-/m1/s1. The van der Waals surface area contributed by atoms with Crippen molar-refractivity contribution in [2.75, 3.05) is 26.1 Å². The Morgan fingerprint density at radius 2 is 1.97 bits per heavy atom. The Balaban J connectivity index is 1.88. The Hall–Kier alpha value is -3.85. The summed E-state index contributed by atoms with van der Waals surface area (Å²) in [7, 11) is 3.16. The molecule has 1 atom stereocenters. The minimum atomic E-state index is -0.696. The molecule has 2 aromatic carbocycles. The lowest BCUT2D eigenvalue weighted by Gasteiger charge is -2.24. The van der Waals surface area contributed by atoms with Crippen LogP contribution in [0, 0.1) is 0 Å². The molecule has 3 aromatic rings. The summed E-state index contributed by atoms with van der Waals surface area (Å²) in [6.07, 6.45) is 1.63. The first-order valence-corrected chi connectivity index (χ1v) is 11.5. The van der Waals surface area contributed by atoms with E-state index in [9.17, 15) is 9.59 Å². The summed E-state index contributed by atoms with van der Waals surface area (Å²) in [5.74, 6) is 0.773. The fraction of sp³-hybridized carbons (Fsp3) is 0.240. The van der Waals surface area contributed by atoms with E-state index in [1.165, 1.54) is 15.9 Å². The molecule has 0 saturated heterocycles. The number of rotatable bonds is 7. The number of anilines is 1. The highest BCUT2D eigenvalue weighted by atomic mass is 32.1. The van der Waals surface area contributed by atoms with E-state index in [-0.39, 0.29) is 12.2 Å². The van der Waals surface area contributed by atoms with Crippen molar-refractivity contribution in [2.45, 2.75) is 19.9 Å². The molecule has 0 saturated carbocycles. The highest BCUT2D eigenvalue weighted by Crippen LogP contribution is 2.32. The quantitative estimate of drug-likeness (QED) is 0.524. The van der Waals surface area contributed by atoms with E-state index in [1.807, 2.05) is 48.5 Å². The maximum absolute atomic E-state index is 13.6. The van der Waals surface area contributed by atoms with Crippen molar-refractivity contribution in [3.05, 3.63) is 85.1 Å². The van der Waals surface area contributed by atoms with E-state index in [4.69, 9.17) is 14.2 Å². The zero-order valence-electron chi connectivity index (χ0n) is 19.3. The van der Waals surface area contributed by atoms with E-state index in [0.29, 0.717) is 32.1 Å². The smallest absolute Gasteiger partial charge is 0.338 e. The van der Waals surface area contributed by atoms with Crippen molar-refractivity contribution in [1.29, 1.82) is 0 Å². The average molecular weight is 480 g/mol. The van der Waals surface area contributed by atoms with Gasteiger partial charge in [-0.2, -0.15) is 0 Å². The lowest BCUT2D eigenvalue weighted by atomic mass is 9.95. The molecule has 4 rings (SSSR count). The van der Waals surface area contributed by atoms with Gasteiger partial charge in [0.05, 0.1) is 43.8 Å². The third kappa shape index (κ3) is 4.34. The number of methoxy groups -OCH3 is 2. The van der Waals surface area contributed by atoms with Gasteiger partial charge in [-0.3, -0.25) is 9.36 Å². The molecule has 2 heterocycles. The fourth-order valence-corrected chi connectivity index (χ4v) is 4.80. The largest absolute Gasteiger partial charge is 0.497 e. The molecule has 0 fully saturated rings. The van der Waals surface area contributed by atoms with Gasteiger partial charge in [-0.05, 0) is 43.7 Å². The number of hydrogen-bond donors (Lipinski definition) is 1. The first kappa shape index (κ1) is 23.3. The van der Waals surface area contributed by atoms with Crippen molar-refractivity contribution in [1.82, 2.24) is 4.57 Å². The summed E-state index contributed by atoms with van der Waals surface area (Å²) in [5, 5.41) is 3.15. The highest BCUT2D eigenvalue weighted by molar-refractivity contribution is 7.07. The monoisotopic (exact) mass is 479 g/mol. The maximum Gasteiger partial charge on any atom is 0.338 e. The van der Waals surface area contributed by atoms with Crippen molar-refractivity contribution < 1.29 is 19.0 Å². The van der Waals surface area contributed by atoms with Crippen molar-refractivity contribution in [3.8, 4) is 11.5 Å². The molecular formula is C25H25N3O5S. The van der Waals surface area contributed by atoms with Crippen LogP contribution in [0.2, 0.25) is 0 Å². The van der Waals surface area contributed by atoms with Gasteiger partial charge in [0.15, 0.2) is 4.80 Å². The van der Waals surface area contributed by atoms with E-state index >= 15 is 0 Å². The molecule has 176 valence electrons. The summed E-state index contributed by atoms with van der Waals surface area (Å²) >= 11 is 1.24. The second-order valence-corrected chi connectivity index (χ2v) is 8.43. The second-order valence-electron chi connectivity index (χ2n) is 7.42. The van der Waals surface area contributed by atoms with Crippen LogP contribution in [0.25, 0.3) is 6.20 Å². The van der Waals surface area contributed by atoms with Crippen LogP contribution in [-0.2, 0) is 9.53 Å². The maximum atomic E-state index is 13.6. The second kappa shape index (κ2) is 9.96. The minimum Gasteiger partial charge on any atom is -0.497 e. The summed E-state index contributed by atoms with van der Waals surface area (Å²) in [6.45, 7) is 3.71. The minimum absolute atomic E-state index is 0.216. The Labute approximate surface area is 200 Å². The van der Waals surface area contributed by atoms with Gasteiger partial charge in [-0.25, -0.2) is 9.79 Å². The van der Waals surface area contributed by atoms with Gasteiger partial charge in [-0.15, -0.1) is 0 Å². The SMILES string of the molecule is CCOC(=O)C1=C(C)N=c2s/c(=C\Nc3ccccc3OC)c(=O)n2[C@@H]1c1cccc(OC)c1. The lowest BCUT2D eigenvalue weighted by Crippen LogP contribution is -2.40. The normalized spacial score (nSPS) is 15.4. The number of benzene rings is 2. The molecule has 0 aliphatic carbocycles. The molecule has 0 unspecified atom stereocenters. The number of ether oxygens (including phenoxy) is 3. The topological polar surface area (TPSA) is 91.2 Å². The van der Waals surface area contributed by atoms with E-state index in [1.54, 1.807) is 34.3 Å². The molecule has 0 bridgehead atoms. The zero-order valence-corrected chi connectivity index (χ0v) is 20.1. The average Bonchev–Trinajstić information content (AvgIpc) is 3.16. The fourth-order valence-electron chi connectivity index (χ4n) is 3.83. The number of nitrogens with one attached hydrogen (secondary N) is 1. The number of hydrogen-bond acceptors (Lipinski definition) is 8. The Kier molecular flexibility index (Phi) is 6.83. The Morgan fingerprint density at radius 3 is 2.71 bits per heavy atom. The number of thiazole rings is 1. The molecule has 9 heteroatoms. The summed E-state index contributed by atoms with van der Waals surface area (Å²) in [4.78, 5) is 31.6. The summed E-state index contributed by atoms with van der Waals surface area (Å²) < 4.78 is 18.0. The molecule has 1 aromatic heterocycles. The van der Waals surface area contributed by atoms with Gasteiger partial charge in [0, 0.05) is 6.20 Å².